The summed E-state index contributed by atoms with van der Waals surface area (Å²) in [4.78, 5) is 34.3. The predicted octanol–water partition coefficient (Wildman–Crippen LogP) is 1.16. The van der Waals surface area contributed by atoms with E-state index in [1.54, 1.807) is 34.6 Å². The van der Waals surface area contributed by atoms with Crippen LogP contribution in [0.5, 0.6) is 0 Å². The number of rotatable bonds is 7. The molecular formula is C14H26N2O4. The van der Waals surface area contributed by atoms with Crippen molar-refractivity contribution >= 4 is 17.8 Å². The molecule has 0 heterocycles. The summed E-state index contributed by atoms with van der Waals surface area (Å²) in [5.74, 6) is -1.31. The second-order valence-corrected chi connectivity index (χ2v) is 6.25. The van der Waals surface area contributed by atoms with Crippen molar-refractivity contribution in [2.45, 2.75) is 47.5 Å². The Labute approximate surface area is 120 Å². The molecule has 6 heteroatoms. The molecule has 3 N–H and O–H groups in total. The monoisotopic (exact) mass is 286 g/mol. The highest BCUT2D eigenvalue weighted by Gasteiger charge is 2.31. The van der Waals surface area contributed by atoms with Crippen molar-refractivity contribution in [1.82, 2.24) is 10.6 Å². The first kappa shape index (κ1) is 18.4. The summed E-state index contributed by atoms with van der Waals surface area (Å²) in [6.45, 7) is 9.08. The summed E-state index contributed by atoms with van der Waals surface area (Å²) in [7, 11) is 0. The number of nitrogens with one attached hydrogen (secondary N) is 2. The zero-order valence-corrected chi connectivity index (χ0v) is 13.0. The van der Waals surface area contributed by atoms with Gasteiger partial charge < -0.3 is 15.7 Å². The standard InChI is InChI=1S/C14H26N2O4/c1-6-14(5,12(19)20)9-16-10(17)7-8-15-11(18)13(2,3)4/h6-9H2,1-5H3,(H,15,18)(H,16,17)(H,19,20). The maximum atomic E-state index is 11.6. The smallest absolute Gasteiger partial charge is 0.311 e. The number of carboxylic acids is 1. The average molecular weight is 286 g/mol. The van der Waals surface area contributed by atoms with Crippen molar-refractivity contribution in [3.8, 4) is 0 Å². The van der Waals surface area contributed by atoms with E-state index in [2.05, 4.69) is 10.6 Å². The lowest BCUT2D eigenvalue weighted by atomic mass is 9.88. The molecule has 0 rings (SSSR count). The van der Waals surface area contributed by atoms with Crippen LogP contribution in [0.1, 0.15) is 47.5 Å². The highest BCUT2D eigenvalue weighted by molar-refractivity contribution is 5.82. The molecule has 0 saturated carbocycles. The van der Waals surface area contributed by atoms with Crippen molar-refractivity contribution in [1.29, 1.82) is 0 Å². The summed E-state index contributed by atoms with van der Waals surface area (Å²) in [6.07, 6.45) is 0.574. The minimum absolute atomic E-state index is 0.0882. The second-order valence-electron chi connectivity index (χ2n) is 6.25. The van der Waals surface area contributed by atoms with Crippen molar-refractivity contribution < 1.29 is 19.5 Å². The molecule has 0 saturated heterocycles. The third kappa shape index (κ3) is 6.04. The van der Waals surface area contributed by atoms with Crippen molar-refractivity contribution in [2.24, 2.45) is 10.8 Å². The van der Waals surface area contributed by atoms with E-state index < -0.39 is 16.8 Å². The summed E-state index contributed by atoms with van der Waals surface area (Å²) in [6, 6.07) is 0. The van der Waals surface area contributed by atoms with Gasteiger partial charge in [-0.05, 0) is 13.3 Å². The van der Waals surface area contributed by atoms with Gasteiger partial charge in [0.2, 0.25) is 11.8 Å². The Balaban J connectivity index is 4.08. The van der Waals surface area contributed by atoms with Crippen molar-refractivity contribution in [2.75, 3.05) is 13.1 Å². The zero-order chi connectivity index (χ0) is 16.0. The third-order valence-corrected chi connectivity index (χ3v) is 3.29. The maximum Gasteiger partial charge on any atom is 0.311 e. The van der Waals surface area contributed by atoms with E-state index in [1.807, 2.05) is 0 Å². The average Bonchev–Trinajstić information content (AvgIpc) is 2.34. The number of carboxylic acid groups (broad SMARTS) is 1. The molecular weight excluding hydrogens is 260 g/mol. The van der Waals surface area contributed by atoms with E-state index in [-0.39, 0.29) is 31.3 Å². The summed E-state index contributed by atoms with van der Waals surface area (Å²) in [5, 5.41) is 14.3. The molecule has 1 unspecified atom stereocenters. The molecule has 0 aliphatic rings. The van der Waals surface area contributed by atoms with E-state index in [1.165, 1.54) is 0 Å². The molecule has 0 fully saturated rings. The molecule has 0 aromatic heterocycles. The Morgan fingerprint density at radius 1 is 1.05 bits per heavy atom. The van der Waals surface area contributed by atoms with E-state index in [4.69, 9.17) is 5.11 Å². The van der Waals surface area contributed by atoms with Crippen LogP contribution in [0.2, 0.25) is 0 Å². The normalized spacial score (nSPS) is 14.2. The van der Waals surface area contributed by atoms with Gasteiger partial charge in [0.05, 0.1) is 5.41 Å². The first-order chi connectivity index (χ1) is 9.03. The van der Waals surface area contributed by atoms with E-state index in [9.17, 15) is 14.4 Å². The fraction of sp³-hybridized carbons (Fsp3) is 0.786. The van der Waals surface area contributed by atoms with Crippen LogP contribution >= 0.6 is 0 Å². The Kier molecular flexibility index (Phi) is 6.68. The van der Waals surface area contributed by atoms with Gasteiger partial charge in [-0.2, -0.15) is 0 Å². The van der Waals surface area contributed by atoms with Gasteiger partial charge in [0.25, 0.3) is 0 Å². The number of carbonyl (C=O) groups excluding carboxylic acids is 2. The van der Waals surface area contributed by atoms with Crippen LogP contribution in [0.4, 0.5) is 0 Å². The molecule has 0 radical (unpaired) electrons. The molecule has 1 atom stereocenters. The largest absolute Gasteiger partial charge is 0.481 e. The van der Waals surface area contributed by atoms with Gasteiger partial charge in [-0.25, -0.2) is 0 Å². The fourth-order valence-electron chi connectivity index (χ4n) is 1.29. The van der Waals surface area contributed by atoms with Crippen LogP contribution in [-0.2, 0) is 14.4 Å². The lowest BCUT2D eigenvalue weighted by molar-refractivity contribution is -0.148. The first-order valence-electron chi connectivity index (χ1n) is 6.81. The summed E-state index contributed by atoms with van der Waals surface area (Å²) >= 11 is 0. The number of hydrogen-bond donors (Lipinski definition) is 3. The molecule has 0 aliphatic heterocycles. The van der Waals surface area contributed by atoms with Crippen molar-refractivity contribution in [3.05, 3.63) is 0 Å². The Bertz CT molecular complexity index is 374. The topological polar surface area (TPSA) is 95.5 Å². The molecule has 6 nitrogen and oxygen atoms in total. The van der Waals surface area contributed by atoms with E-state index in [0.29, 0.717) is 6.42 Å². The third-order valence-electron chi connectivity index (χ3n) is 3.29. The molecule has 0 bridgehead atoms. The summed E-state index contributed by atoms with van der Waals surface area (Å²) < 4.78 is 0. The van der Waals surface area contributed by atoms with Crippen LogP contribution in [0.15, 0.2) is 0 Å². The SMILES string of the molecule is CCC(C)(CNC(=O)CCNC(=O)C(C)(C)C)C(=O)O. The van der Waals surface area contributed by atoms with Gasteiger partial charge in [0.15, 0.2) is 0 Å². The van der Waals surface area contributed by atoms with Gasteiger partial charge in [0, 0.05) is 24.9 Å². The van der Waals surface area contributed by atoms with Gasteiger partial charge in [-0.15, -0.1) is 0 Å². The zero-order valence-electron chi connectivity index (χ0n) is 13.0. The second kappa shape index (κ2) is 7.26. The predicted molar refractivity (Wildman–Crippen MR) is 76.1 cm³/mol. The van der Waals surface area contributed by atoms with Gasteiger partial charge in [-0.3, -0.25) is 14.4 Å². The van der Waals surface area contributed by atoms with Crippen molar-refractivity contribution in [3.63, 3.8) is 0 Å². The molecule has 0 aliphatic carbocycles. The fourth-order valence-corrected chi connectivity index (χ4v) is 1.29. The van der Waals surface area contributed by atoms with Crippen LogP contribution in [0.25, 0.3) is 0 Å². The molecule has 0 aromatic carbocycles. The molecule has 0 aromatic rings. The highest BCUT2D eigenvalue weighted by atomic mass is 16.4. The maximum absolute atomic E-state index is 11.6. The minimum atomic E-state index is -0.954. The minimum Gasteiger partial charge on any atom is -0.481 e. The quantitative estimate of drug-likeness (QED) is 0.654. The lowest BCUT2D eigenvalue weighted by Crippen LogP contribution is -2.42. The van der Waals surface area contributed by atoms with Gasteiger partial charge >= 0.3 is 5.97 Å². The van der Waals surface area contributed by atoms with Gasteiger partial charge in [-0.1, -0.05) is 27.7 Å². The van der Waals surface area contributed by atoms with E-state index in [0.717, 1.165) is 0 Å². The number of aliphatic carboxylic acids is 1. The molecule has 20 heavy (non-hydrogen) atoms. The lowest BCUT2D eigenvalue weighted by Gasteiger charge is -2.23. The Hall–Kier alpha value is -1.59. The van der Waals surface area contributed by atoms with Crippen LogP contribution < -0.4 is 10.6 Å². The Morgan fingerprint density at radius 2 is 1.60 bits per heavy atom. The highest BCUT2D eigenvalue weighted by Crippen LogP contribution is 2.19. The number of hydrogen-bond acceptors (Lipinski definition) is 3. The number of amides is 2. The summed E-state index contributed by atoms with van der Waals surface area (Å²) in [5.41, 5.74) is -1.44. The molecule has 116 valence electrons. The number of carbonyl (C=O) groups is 3. The van der Waals surface area contributed by atoms with Crippen LogP contribution in [0.3, 0.4) is 0 Å². The van der Waals surface area contributed by atoms with Gasteiger partial charge in [0.1, 0.15) is 0 Å². The molecule has 2 amide bonds. The molecule has 0 spiro atoms. The first-order valence-corrected chi connectivity index (χ1v) is 6.81. The Morgan fingerprint density at radius 3 is 2.00 bits per heavy atom. The van der Waals surface area contributed by atoms with E-state index >= 15 is 0 Å². The van der Waals surface area contributed by atoms with Crippen LogP contribution in [0, 0.1) is 10.8 Å². The van der Waals surface area contributed by atoms with Crippen LogP contribution in [-0.4, -0.2) is 36.0 Å².